The smallest absolute Gasteiger partial charge is 0.308 e. The second-order valence-electron chi connectivity index (χ2n) is 4.45. The van der Waals surface area contributed by atoms with Crippen molar-refractivity contribution in [3.05, 3.63) is 48.3 Å². The van der Waals surface area contributed by atoms with E-state index in [2.05, 4.69) is 10.4 Å². The normalized spacial score (nSPS) is 11.8. The molecule has 0 aliphatic rings. The number of carbonyl (C=O) groups is 2. The van der Waals surface area contributed by atoms with Crippen LogP contribution in [0.5, 0.6) is 0 Å². The number of aliphatic carboxylic acids is 1. The molecule has 0 radical (unpaired) electrons. The predicted molar refractivity (Wildman–Crippen MR) is 72.7 cm³/mol. The number of rotatable bonds is 5. The monoisotopic (exact) mass is 273 g/mol. The molecule has 6 heteroatoms. The summed E-state index contributed by atoms with van der Waals surface area (Å²) in [6.07, 6.45) is 3.48. The van der Waals surface area contributed by atoms with Crippen LogP contribution in [0.25, 0.3) is 5.69 Å². The van der Waals surface area contributed by atoms with Crippen molar-refractivity contribution in [1.82, 2.24) is 15.1 Å². The summed E-state index contributed by atoms with van der Waals surface area (Å²) in [5.41, 5.74) is 1.34. The van der Waals surface area contributed by atoms with Gasteiger partial charge in [0.25, 0.3) is 5.91 Å². The maximum absolute atomic E-state index is 11.8. The fourth-order valence-electron chi connectivity index (χ4n) is 1.62. The predicted octanol–water partition coefficient (Wildman–Crippen LogP) is 1.32. The van der Waals surface area contributed by atoms with E-state index in [-0.39, 0.29) is 12.5 Å². The second-order valence-corrected chi connectivity index (χ2v) is 4.45. The van der Waals surface area contributed by atoms with E-state index < -0.39 is 11.9 Å². The van der Waals surface area contributed by atoms with Gasteiger partial charge in [0.05, 0.1) is 11.6 Å². The van der Waals surface area contributed by atoms with Crippen molar-refractivity contribution in [2.75, 3.05) is 6.54 Å². The summed E-state index contributed by atoms with van der Waals surface area (Å²) in [7, 11) is 0. The zero-order chi connectivity index (χ0) is 14.5. The van der Waals surface area contributed by atoms with Gasteiger partial charge in [-0.15, -0.1) is 0 Å². The minimum absolute atomic E-state index is 0.106. The van der Waals surface area contributed by atoms with Crippen LogP contribution in [0.1, 0.15) is 17.3 Å². The lowest BCUT2D eigenvalue weighted by atomic mass is 10.1. The molecule has 0 saturated heterocycles. The van der Waals surface area contributed by atoms with Gasteiger partial charge in [-0.25, -0.2) is 4.68 Å². The number of carboxylic acids is 1. The highest BCUT2D eigenvalue weighted by Crippen LogP contribution is 2.08. The molecule has 20 heavy (non-hydrogen) atoms. The van der Waals surface area contributed by atoms with Gasteiger partial charge in [-0.3, -0.25) is 9.59 Å². The lowest BCUT2D eigenvalue weighted by Crippen LogP contribution is -2.31. The van der Waals surface area contributed by atoms with Gasteiger partial charge >= 0.3 is 5.97 Å². The van der Waals surface area contributed by atoms with Gasteiger partial charge in [-0.05, 0) is 30.3 Å². The molecule has 2 N–H and O–H groups in total. The third-order valence-corrected chi connectivity index (χ3v) is 2.89. The Morgan fingerprint density at radius 2 is 2.05 bits per heavy atom. The highest BCUT2D eigenvalue weighted by molar-refractivity contribution is 5.94. The number of nitrogens with one attached hydrogen (secondary N) is 1. The van der Waals surface area contributed by atoms with Crippen LogP contribution in [-0.4, -0.2) is 33.3 Å². The van der Waals surface area contributed by atoms with Gasteiger partial charge in [-0.2, -0.15) is 5.10 Å². The summed E-state index contributed by atoms with van der Waals surface area (Å²) in [6, 6.07) is 8.73. The average Bonchev–Trinajstić information content (AvgIpc) is 2.98. The first-order chi connectivity index (χ1) is 9.58. The molecule has 1 aromatic heterocycles. The van der Waals surface area contributed by atoms with Crippen molar-refractivity contribution in [2.45, 2.75) is 6.92 Å². The van der Waals surface area contributed by atoms with Crippen LogP contribution in [0.3, 0.4) is 0 Å². The van der Waals surface area contributed by atoms with Crippen molar-refractivity contribution < 1.29 is 14.7 Å². The lowest BCUT2D eigenvalue weighted by Gasteiger charge is -2.09. The molecule has 2 aromatic rings. The first-order valence-electron chi connectivity index (χ1n) is 6.19. The number of hydrogen-bond acceptors (Lipinski definition) is 3. The number of aromatic nitrogens is 2. The van der Waals surface area contributed by atoms with Crippen LogP contribution in [-0.2, 0) is 4.79 Å². The number of nitrogens with zero attached hydrogens (tertiary/aromatic N) is 2. The van der Waals surface area contributed by atoms with Crippen molar-refractivity contribution in [2.24, 2.45) is 5.92 Å². The van der Waals surface area contributed by atoms with Gasteiger partial charge in [0.2, 0.25) is 0 Å². The van der Waals surface area contributed by atoms with Crippen molar-refractivity contribution in [3.8, 4) is 5.69 Å². The summed E-state index contributed by atoms with van der Waals surface area (Å²) < 4.78 is 1.69. The minimum atomic E-state index is -0.931. The van der Waals surface area contributed by atoms with Crippen LogP contribution >= 0.6 is 0 Å². The average molecular weight is 273 g/mol. The van der Waals surface area contributed by atoms with Crippen molar-refractivity contribution >= 4 is 11.9 Å². The van der Waals surface area contributed by atoms with E-state index in [9.17, 15) is 9.59 Å². The fraction of sp³-hybridized carbons (Fsp3) is 0.214. The molecular weight excluding hydrogens is 258 g/mol. The zero-order valence-corrected chi connectivity index (χ0v) is 11.0. The van der Waals surface area contributed by atoms with E-state index in [0.717, 1.165) is 5.69 Å². The Morgan fingerprint density at radius 3 is 2.60 bits per heavy atom. The maximum Gasteiger partial charge on any atom is 0.308 e. The number of amides is 1. The van der Waals surface area contributed by atoms with Crippen LogP contribution in [0, 0.1) is 5.92 Å². The molecule has 1 amide bonds. The summed E-state index contributed by atoms with van der Waals surface area (Å²) in [5, 5.41) is 15.4. The minimum Gasteiger partial charge on any atom is -0.481 e. The molecule has 0 spiro atoms. The maximum atomic E-state index is 11.8. The van der Waals surface area contributed by atoms with Gasteiger partial charge in [0, 0.05) is 24.5 Å². The number of carboxylic acid groups (broad SMARTS) is 1. The molecule has 6 nitrogen and oxygen atoms in total. The van der Waals surface area contributed by atoms with Gasteiger partial charge in [0.1, 0.15) is 0 Å². The second kappa shape index (κ2) is 6.01. The molecule has 0 aliphatic heterocycles. The molecule has 1 unspecified atom stereocenters. The topological polar surface area (TPSA) is 84.2 Å². The van der Waals surface area contributed by atoms with Crippen LogP contribution in [0.4, 0.5) is 0 Å². The highest BCUT2D eigenvalue weighted by atomic mass is 16.4. The first kappa shape index (κ1) is 13.8. The van der Waals surface area contributed by atoms with Crippen molar-refractivity contribution in [1.29, 1.82) is 0 Å². The molecule has 1 heterocycles. The Labute approximate surface area is 116 Å². The van der Waals surface area contributed by atoms with E-state index in [4.69, 9.17) is 5.11 Å². The van der Waals surface area contributed by atoms with Crippen molar-refractivity contribution in [3.63, 3.8) is 0 Å². The van der Waals surface area contributed by atoms with E-state index >= 15 is 0 Å². The number of carbonyl (C=O) groups excluding carboxylic acids is 1. The molecule has 0 saturated carbocycles. The van der Waals surface area contributed by atoms with Crippen LogP contribution in [0.2, 0.25) is 0 Å². The van der Waals surface area contributed by atoms with E-state index in [1.54, 1.807) is 42.1 Å². The Balaban J connectivity index is 1.99. The zero-order valence-electron chi connectivity index (χ0n) is 11.0. The third kappa shape index (κ3) is 3.23. The molecular formula is C14H15N3O3. The Bertz CT molecular complexity index is 591. The van der Waals surface area contributed by atoms with E-state index in [1.807, 2.05) is 12.3 Å². The SMILES string of the molecule is CC(CNC(=O)c1ccc(-n2cccn2)cc1)C(=O)O. The summed E-state index contributed by atoms with van der Waals surface area (Å²) >= 11 is 0. The van der Waals surface area contributed by atoms with Crippen LogP contribution in [0.15, 0.2) is 42.7 Å². The van der Waals surface area contributed by atoms with E-state index in [1.165, 1.54) is 0 Å². The summed E-state index contributed by atoms with van der Waals surface area (Å²) in [5.74, 6) is -1.83. The lowest BCUT2D eigenvalue weighted by molar-refractivity contribution is -0.140. The molecule has 104 valence electrons. The van der Waals surface area contributed by atoms with Gasteiger partial charge < -0.3 is 10.4 Å². The Kier molecular flexibility index (Phi) is 4.14. The first-order valence-corrected chi connectivity index (χ1v) is 6.19. The summed E-state index contributed by atoms with van der Waals surface area (Å²) in [4.78, 5) is 22.5. The summed E-state index contributed by atoms with van der Waals surface area (Å²) in [6.45, 7) is 1.65. The number of benzene rings is 1. The molecule has 2 rings (SSSR count). The highest BCUT2D eigenvalue weighted by Gasteiger charge is 2.13. The van der Waals surface area contributed by atoms with Crippen LogP contribution < -0.4 is 5.32 Å². The molecule has 1 atom stereocenters. The van der Waals surface area contributed by atoms with Gasteiger partial charge in [0.15, 0.2) is 0 Å². The fourth-order valence-corrected chi connectivity index (χ4v) is 1.62. The molecule has 1 aromatic carbocycles. The molecule has 0 bridgehead atoms. The number of hydrogen-bond donors (Lipinski definition) is 2. The molecule has 0 fully saturated rings. The Morgan fingerprint density at radius 1 is 1.35 bits per heavy atom. The third-order valence-electron chi connectivity index (χ3n) is 2.89. The van der Waals surface area contributed by atoms with Gasteiger partial charge in [-0.1, -0.05) is 6.92 Å². The van der Waals surface area contributed by atoms with E-state index in [0.29, 0.717) is 5.56 Å². The standard InChI is InChI=1S/C14H15N3O3/c1-10(14(19)20)9-15-13(18)11-3-5-12(6-4-11)17-8-2-7-16-17/h2-8,10H,9H2,1H3,(H,15,18)(H,19,20). The molecule has 0 aliphatic carbocycles. The largest absolute Gasteiger partial charge is 0.481 e. The quantitative estimate of drug-likeness (QED) is 0.860. The Hall–Kier alpha value is -2.63.